The fraction of sp³-hybridized carbons (Fsp3) is 0.667. The van der Waals surface area contributed by atoms with Crippen LogP contribution in [0.2, 0.25) is 0 Å². The fourth-order valence-corrected chi connectivity index (χ4v) is 2.46. The number of aromatic amines is 1. The molecule has 0 spiro atoms. The molecule has 3 N–H and O–H groups in total. The van der Waals surface area contributed by atoms with E-state index >= 15 is 0 Å². The third-order valence-corrected chi connectivity index (χ3v) is 3.52. The summed E-state index contributed by atoms with van der Waals surface area (Å²) < 4.78 is 0. The van der Waals surface area contributed by atoms with Gasteiger partial charge in [0.2, 0.25) is 5.91 Å². The summed E-state index contributed by atoms with van der Waals surface area (Å²) in [4.78, 5) is 12.4. The maximum absolute atomic E-state index is 12.4. The summed E-state index contributed by atoms with van der Waals surface area (Å²) in [6.07, 6.45) is 4.59. The van der Waals surface area contributed by atoms with Crippen LogP contribution in [0.3, 0.4) is 0 Å². The zero-order chi connectivity index (χ0) is 12.3. The maximum Gasteiger partial charge on any atom is 0.233 e. The van der Waals surface area contributed by atoms with Crippen LogP contribution in [0.15, 0.2) is 6.20 Å². The Labute approximate surface area is 101 Å². The van der Waals surface area contributed by atoms with E-state index in [1.165, 1.54) is 0 Å². The minimum Gasteiger partial charge on any atom is -0.316 e. The summed E-state index contributed by atoms with van der Waals surface area (Å²) in [6, 6.07) is 0. The van der Waals surface area contributed by atoms with Gasteiger partial charge in [0, 0.05) is 12.1 Å². The monoisotopic (exact) mass is 236 g/mol. The second kappa shape index (κ2) is 4.87. The Morgan fingerprint density at radius 3 is 3.00 bits per heavy atom. The molecule has 1 aromatic rings. The predicted octanol–water partition coefficient (Wildman–Crippen LogP) is 1.44. The first-order chi connectivity index (χ1) is 8.18. The molecule has 0 saturated carbocycles. The normalized spacial score (nSPS) is 23.9. The predicted molar refractivity (Wildman–Crippen MR) is 66.8 cm³/mol. The molecule has 1 fully saturated rings. The Balaban J connectivity index is 2.10. The van der Waals surface area contributed by atoms with Gasteiger partial charge in [-0.05, 0) is 26.3 Å². The smallest absolute Gasteiger partial charge is 0.233 e. The number of aryl methyl sites for hydroxylation is 1. The standard InChI is InChI=1S/C12H20N4O/c1-3-4-12(5-6-13-8-12)11(17)15-10-9(2)7-14-16-10/h7,13H,3-6,8H2,1-2H3,(H2,14,15,16,17). The second-order valence-corrected chi connectivity index (χ2v) is 4.84. The van der Waals surface area contributed by atoms with Crippen LogP contribution >= 0.6 is 0 Å². The van der Waals surface area contributed by atoms with Crippen LogP contribution in [-0.2, 0) is 4.79 Å². The highest BCUT2D eigenvalue weighted by Gasteiger charge is 2.40. The van der Waals surface area contributed by atoms with Crippen LogP contribution in [0.4, 0.5) is 5.82 Å². The zero-order valence-corrected chi connectivity index (χ0v) is 10.5. The van der Waals surface area contributed by atoms with E-state index in [4.69, 9.17) is 0 Å². The average Bonchev–Trinajstić information content (AvgIpc) is 2.91. The molecule has 1 aliphatic heterocycles. The molecule has 0 aromatic carbocycles. The lowest BCUT2D eigenvalue weighted by Gasteiger charge is -2.26. The minimum absolute atomic E-state index is 0.108. The van der Waals surface area contributed by atoms with Crippen molar-refractivity contribution in [1.82, 2.24) is 15.5 Å². The molecule has 17 heavy (non-hydrogen) atoms. The third-order valence-electron chi connectivity index (χ3n) is 3.52. The van der Waals surface area contributed by atoms with Crippen molar-refractivity contribution in [2.24, 2.45) is 5.41 Å². The Morgan fingerprint density at radius 1 is 1.65 bits per heavy atom. The molecule has 1 aromatic heterocycles. The summed E-state index contributed by atoms with van der Waals surface area (Å²) in [7, 11) is 0. The molecule has 1 atom stereocenters. The van der Waals surface area contributed by atoms with Gasteiger partial charge in [-0.2, -0.15) is 5.10 Å². The fourth-order valence-electron chi connectivity index (χ4n) is 2.46. The van der Waals surface area contributed by atoms with Crippen LogP contribution in [-0.4, -0.2) is 29.2 Å². The number of aromatic nitrogens is 2. The number of carbonyl (C=O) groups is 1. The minimum atomic E-state index is -0.244. The molecule has 5 nitrogen and oxygen atoms in total. The van der Waals surface area contributed by atoms with Gasteiger partial charge in [-0.1, -0.05) is 13.3 Å². The van der Waals surface area contributed by atoms with E-state index in [0.717, 1.165) is 43.7 Å². The van der Waals surface area contributed by atoms with Gasteiger partial charge < -0.3 is 10.6 Å². The molecule has 1 saturated heterocycles. The van der Waals surface area contributed by atoms with E-state index in [9.17, 15) is 4.79 Å². The quantitative estimate of drug-likeness (QED) is 0.740. The van der Waals surface area contributed by atoms with Gasteiger partial charge >= 0.3 is 0 Å². The molecule has 2 rings (SSSR count). The van der Waals surface area contributed by atoms with Gasteiger partial charge in [-0.3, -0.25) is 9.89 Å². The molecule has 1 unspecified atom stereocenters. The van der Waals surface area contributed by atoms with Gasteiger partial charge in [-0.15, -0.1) is 0 Å². The highest BCUT2D eigenvalue weighted by molar-refractivity contribution is 5.95. The van der Waals surface area contributed by atoms with Crippen molar-refractivity contribution < 1.29 is 4.79 Å². The van der Waals surface area contributed by atoms with Crippen molar-refractivity contribution in [1.29, 1.82) is 0 Å². The molecular weight excluding hydrogens is 216 g/mol. The van der Waals surface area contributed by atoms with Crippen molar-refractivity contribution in [2.75, 3.05) is 18.4 Å². The molecule has 0 bridgehead atoms. The van der Waals surface area contributed by atoms with Crippen molar-refractivity contribution in [3.63, 3.8) is 0 Å². The maximum atomic E-state index is 12.4. The molecule has 0 aliphatic carbocycles. The molecule has 1 amide bonds. The van der Waals surface area contributed by atoms with Crippen molar-refractivity contribution in [3.8, 4) is 0 Å². The molecular formula is C12H20N4O. The van der Waals surface area contributed by atoms with E-state index in [0.29, 0.717) is 0 Å². The van der Waals surface area contributed by atoms with Gasteiger partial charge in [-0.25, -0.2) is 0 Å². The number of nitrogens with zero attached hydrogens (tertiary/aromatic N) is 1. The Bertz CT molecular complexity index is 393. The van der Waals surface area contributed by atoms with Crippen molar-refractivity contribution >= 4 is 11.7 Å². The number of hydrogen-bond donors (Lipinski definition) is 3. The van der Waals surface area contributed by atoms with E-state index in [1.807, 2.05) is 6.92 Å². The lowest BCUT2D eigenvalue weighted by molar-refractivity contribution is -0.125. The first-order valence-electron chi connectivity index (χ1n) is 6.20. The number of H-pyrrole nitrogens is 1. The lowest BCUT2D eigenvalue weighted by atomic mass is 9.81. The second-order valence-electron chi connectivity index (χ2n) is 4.84. The summed E-state index contributed by atoms with van der Waals surface area (Å²) in [5.74, 6) is 0.828. The number of carbonyl (C=O) groups excluding carboxylic acids is 1. The lowest BCUT2D eigenvalue weighted by Crippen LogP contribution is -2.38. The molecule has 94 valence electrons. The summed E-state index contributed by atoms with van der Waals surface area (Å²) in [5, 5.41) is 13.0. The van der Waals surface area contributed by atoms with Crippen LogP contribution < -0.4 is 10.6 Å². The topological polar surface area (TPSA) is 69.8 Å². The summed E-state index contributed by atoms with van der Waals surface area (Å²) >= 11 is 0. The number of anilines is 1. The molecule has 1 aliphatic rings. The average molecular weight is 236 g/mol. The zero-order valence-electron chi connectivity index (χ0n) is 10.5. The molecule has 5 heteroatoms. The van der Waals surface area contributed by atoms with E-state index < -0.39 is 0 Å². The summed E-state index contributed by atoms with van der Waals surface area (Å²) in [6.45, 7) is 5.75. The van der Waals surface area contributed by atoms with E-state index in [1.54, 1.807) is 6.20 Å². The number of nitrogens with one attached hydrogen (secondary N) is 3. The van der Waals surface area contributed by atoms with Gasteiger partial charge in [0.05, 0.1) is 11.6 Å². The Hall–Kier alpha value is -1.36. The number of hydrogen-bond acceptors (Lipinski definition) is 3. The van der Waals surface area contributed by atoms with Crippen LogP contribution in [0, 0.1) is 12.3 Å². The summed E-state index contributed by atoms with van der Waals surface area (Å²) in [5.41, 5.74) is 0.725. The van der Waals surface area contributed by atoms with E-state index in [2.05, 4.69) is 27.8 Å². The highest BCUT2D eigenvalue weighted by atomic mass is 16.2. The van der Waals surface area contributed by atoms with Crippen LogP contribution in [0.25, 0.3) is 0 Å². The Kier molecular flexibility index (Phi) is 3.47. The Morgan fingerprint density at radius 2 is 2.47 bits per heavy atom. The molecule has 2 heterocycles. The largest absolute Gasteiger partial charge is 0.316 e. The van der Waals surface area contributed by atoms with Crippen molar-refractivity contribution in [2.45, 2.75) is 33.1 Å². The first kappa shape index (κ1) is 12.1. The van der Waals surface area contributed by atoms with Crippen molar-refractivity contribution in [3.05, 3.63) is 11.8 Å². The number of amides is 1. The van der Waals surface area contributed by atoms with Crippen LogP contribution in [0.5, 0.6) is 0 Å². The van der Waals surface area contributed by atoms with Gasteiger partial charge in [0.15, 0.2) is 0 Å². The third kappa shape index (κ3) is 2.34. The number of rotatable bonds is 4. The van der Waals surface area contributed by atoms with E-state index in [-0.39, 0.29) is 11.3 Å². The highest BCUT2D eigenvalue weighted by Crippen LogP contribution is 2.32. The van der Waals surface area contributed by atoms with Gasteiger partial charge in [0.1, 0.15) is 5.82 Å². The van der Waals surface area contributed by atoms with Crippen LogP contribution in [0.1, 0.15) is 31.7 Å². The molecule has 0 radical (unpaired) electrons. The van der Waals surface area contributed by atoms with Gasteiger partial charge in [0.25, 0.3) is 0 Å². The SMILES string of the molecule is CCCC1(C(=O)Nc2[nH]ncc2C)CCNC1. The first-order valence-corrected chi connectivity index (χ1v) is 6.20.